The van der Waals surface area contributed by atoms with E-state index in [2.05, 4.69) is 20.9 Å². The lowest BCUT2D eigenvalue weighted by molar-refractivity contribution is -0.166. The Kier molecular flexibility index (Phi) is 6.90. The summed E-state index contributed by atoms with van der Waals surface area (Å²) < 4.78 is 6.93. The van der Waals surface area contributed by atoms with E-state index in [1.54, 1.807) is 6.07 Å². The summed E-state index contributed by atoms with van der Waals surface area (Å²) in [6.45, 7) is 2.43. The van der Waals surface area contributed by atoms with Crippen molar-refractivity contribution in [2.24, 2.45) is 11.3 Å². The van der Waals surface area contributed by atoms with Crippen LogP contribution in [0, 0.1) is 11.3 Å². The SMILES string of the molecule is CNC1CC2(COC2)C1.O=CCSc1nc2ccc(NC(=O)C3CNC(=O)C3)cc2s1. The van der Waals surface area contributed by atoms with Gasteiger partial charge in [0, 0.05) is 30.1 Å². The number of benzene rings is 1. The van der Waals surface area contributed by atoms with Gasteiger partial charge >= 0.3 is 0 Å². The summed E-state index contributed by atoms with van der Waals surface area (Å²) in [6, 6.07) is 6.27. The zero-order valence-corrected chi connectivity index (χ0v) is 18.9. The fourth-order valence-corrected chi connectivity index (χ4v) is 5.82. The van der Waals surface area contributed by atoms with E-state index in [-0.39, 0.29) is 24.2 Å². The van der Waals surface area contributed by atoms with Gasteiger partial charge in [0.05, 0.1) is 35.1 Å². The number of hydrogen-bond acceptors (Lipinski definition) is 8. The Bertz CT molecular complexity index is 967. The molecule has 10 heteroatoms. The van der Waals surface area contributed by atoms with Crippen molar-refractivity contribution in [1.29, 1.82) is 0 Å². The molecule has 3 heterocycles. The third-order valence-electron chi connectivity index (χ3n) is 5.84. The highest BCUT2D eigenvalue weighted by Gasteiger charge is 2.49. The Morgan fingerprint density at radius 3 is 2.84 bits per heavy atom. The first-order valence-electron chi connectivity index (χ1n) is 10.3. The van der Waals surface area contributed by atoms with E-state index in [4.69, 9.17) is 4.74 Å². The fraction of sp³-hybridized carbons (Fsp3) is 0.524. The average molecular weight is 463 g/mol. The van der Waals surface area contributed by atoms with E-state index in [0.29, 0.717) is 23.4 Å². The van der Waals surface area contributed by atoms with Crippen LogP contribution >= 0.6 is 23.1 Å². The zero-order valence-electron chi connectivity index (χ0n) is 17.3. The summed E-state index contributed by atoms with van der Waals surface area (Å²) in [7, 11) is 2.04. The van der Waals surface area contributed by atoms with Gasteiger partial charge < -0.3 is 25.5 Å². The number of aromatic nitrogens is 1. The lowest BCUT2D eigenvalue weighted by Crippen LogP contribution is -2.57. The molecule has 1 spiro atoms. The third kappa shape index (κ3) is 5.25. The summed E-state index contributed by atoms with van der Waals surface area (Å²) in [5.41, 5.74) is 2.16. The van der Waals surface area contributed by atoms with Crippen LogP contribution in [-0.4, -0.2) is 61.7 Å². The van der Waals surface area contributed by atoms with Crippen molar-refractivity contribution in [3.05, 3.63) is 18.2 Å². The van der Waals surface area contributed by atoms with Crippen LogP contribution in [0.1, 0.15) is 19.3 Å². The van der Waals surface area contributed by atoms with Gasteiger partial charge in [-0.3, -0.25) is 9.59 Å². The molecule has 166 valence electrons. The maximum atomic E-state index is 12.1. The molecule has 1 unspecified atom stereocenters. The van der Waals surface area contributed by atoms with Gasteiger partial charge in [0.2, 0.25) is 11.8 Å². The lowest BCUT2D eigenvalue weighted by atomic mass is 9.64. The molecular weight excluding hydrogens is 436 g/mol. The van der Waals surface area contributed by atoms with Crippen LogP contribution in [0.25, 0.3) is 10.2 Å². The molecule has 1 atom stereocenters. The van der Waals surface area contributed by atoms with Gasteiger partial charge in [-0.25, -0.2) is 4.98 Å². The van der Waals surface area contributed by atoms with E-state index in [1.807, 2.05) is 19.2 Å². The Morgan fingerprint density at radius 2 is 2.23 bits per heavy atom. The van der Waals surface area contributed by atoms with Gasteiger partial charge in [0.15, 0.2) is 4.34 Å². The number of rotatable bonds is 6. The van der Waals surface area contributed by atoms with Crippen LogP contribution in [0.4, 0.5) is 5.69 Å². The first-order chi connectivity index (χ1) is 15.0. The second-order valence-corrected chi connectivity index (χ2v) is 10.5. The molecule has 2 amide bonds. The van der Waals surface area contributed by atoms with Gasteiger partial charge in [-0.1, -0.05) is 11.8 Å². The van der Waals surface area contributed by atoms with E-state index < -0.39 is 0 Å². The quantitative estimate of drug-likeness (QED) is 0.445. The van der Waals surface area contributed by atoms with Crippen molar-refractivity contribution in [1.82, 2.24) is 15.6 Å². The number of hydrogen-bond donors (Lipinski definition) is 3. The number of carbonyl (C=O) groups excluding carboxylic acids is 3. The van der Waals surface area contributed by atoms with Crippen molar-refractivity contribution in [2.75, 3.05) is 37.9 Å². The molecule has 3 fully saturated rings. The molecule has 2 aromatic rings. The average Bonchev–Trinajstić information content (AvgIpc) is 3.30. The van der Waals surface area contributed by atoms with E-state index in [0.717, 1.165) is 40.1 Å². The maximum absolute atomic E-state index is 12.1. The number of carbonyl (C=O) groups is 3. The van der Waals surface area contributed by atoms with Gasteiger partial charge in [0.25, 0.3) is 0 Å². The smallest absolute Gasteiger partial charge is 0.229 e. The molecule has 1 aliphatic carbocycles. The number of aldehydes is 1. The molecule has 1 aromatic carbocycles. The topological polar surface area (TPSA) is 109 Å². The molecule has 0 bridgehead atoms. The van der Waals surface area contributed by atoms with Crippen LogP contribution in [0.3, 0.4) is 0 Å². The van der Waals surface area contributed by atoms with Crippen LogP contribution in [0.5, 0.6) is 0 Å². The Morgan fingerprint density at radius 1 is 1.42 bits per heavy atom. The van der Waals surface area contributed by atoms with Gasteiger partial charge in [-0.2, -0.15) is 0 Å². The molecule has 3 N–H and O–H groups in total. The highest BCUT2D eigenvalue weighted by molar-refractivity contribution is 8.01. The van der Waals surface area contributed by atoms with Gasteiger partial charge in [-0.05, 0) is 38.1 Å². The van der Waals surface area contributed by atoms with Crippen molar-refractivity contribution in [3.63, 3.8) is 0 Å². The molecule has 2 aliphatic heterocycles. The molecule has 31 heavy (non-hydrogen) atoms. The number of anilines is 1. The Balaban J connectivity index is 0.000000212. The summed E-state index contributed by atoms with van der Waals surface area (Å²) in [5, 5.41) is 8.75. The number of ether oxygens (including phenoxy) is 1. The predicted octanol–water partition coefficient (Wildman–Crippen LogP) is 2.05. The third-order valence-corrected chi connectivity index (χ3v) is 7.90. The van der Waals surface area contributed by atoms with Crippen molar-refractivity contribution in [3.8, 4) is 0 Å². The minimum atomic E-state index is -0.316. The van der Waals surface area contributed by atoms with E-state index in [9.17, 15) is 14.4 Å². The van der Waals surface area contributed by atoms with Crippen LogP contribution < -0.4 is 16.0 Å². The number of nitrogens with zero attached hydrogens (tertiary/aromatic N) is 1. The fourth-order valence-electron chi connectivity index (χ4n) is 4.00. The van der Waals surface area contributed by atoms with Crippen molar-refractivity contribution >= 4 is 57.1 Å². The lowest BCUT2D eigenvalue weighted by Gasteiger charge is -2.53. The highest BCUT2D eigenvalue weighted by atomic mass is 32.2. The zero-order chi connectivity index (χ0) is 21.8. The summed E-state index contributed by atoms with van der Waals surface area (Å²) in [6.07, 6.45) is 3.76. The normalized spacial score (nSPS) is 21.6. The van der Waals surface area contributed by atoms with Crippen molar-refractivity contribution < 1.29 is 19.1 Å². The predicted molar refractivity (Wildman–Crippen MR) is 121 cm³/mol. The van der Waals surface area contributed by atoms with E-state index >= 15 is 0 Å². The number of thiazole rings is 1. The molecular formula is C21H26N4O4S2. The summed E-state index contributed by atoms with van der Waals surface area (Å²) in [5.74, 6) is -0.178. The molecule has 1 aromatic heterocycles. The number of fused-ring (bicyclic) bond motifs is 1. The first-order valence-corrected chi connectivity index (χ1v) is 12.1. The number of thioether (sulfide) groups is 1. The van der Waals surface area contributed by atoms with Crippen molar-refractivity contribution in [2.45, 2.75) is 29.6 Å². The standard InChI is InChI=1S/C14H13N3O3S2.C7H13NO/c18-3-4-21-14-17-10-2-1-9(6-11(10)22-14)16-13(20)8-5-12(19)15-7-8;1-8-6-2-7(3-6)4-9-5-7/h1-3,6,8H,4-5,7H2,(H,15,19)(H,16,20);6,8H,2-5H2,1H3. The molecule has 5 rings (SSSR count). The maximum Gasteiger partial charge on any atom is 0.229 e. The minimum absolute atomic E-state index is 0.0881. The monoisotopic (exact) mass is 462 g/mol. The summed E-state index contributed by atoms with van der Waals surface area (Å²) >= 11 is 2.88. The van der Waals surface area contributed by atoms with Crippen LogP contribution in [0.2, 0.25) is 0 Å². The van der Waals surface area contributed by atoms with Gasteiger partial charge in [0.1, 0.15) is 6.29 Å². The van der Waals surface area contributed by atoms with E-state index in [1.165, 1.54) is 35.9 Å². The Labute approximate surface area is 188 Å². The first kappa shape index (κ1) is 22.2. The molecule has 2 saturated heterocycles. The Hall–Kier alpha value is -2.01. The van der Waals surface area contributed by atoms with Gasteiger partial charge in [-0.15, -0.1) is 11.3 Å². The van der Waals surface area contributed by atoms with Crippen LogP contribution in [-0.2, 0) is 19.1 Å². The molecule has 8 nitrogen and oxygen atoms in total. The molecule has 1 saturated carbocycles. The minimum Gasteiger partial charge on any atom is -0.380 e. The largest absolute Gasteiger partial charge is 0.380 e. The number of nitrogens with one attached hydrogen (secondary N) is 3. The molecule has 0 radical (unpaired) electrons. The second-order valence-electron chi connectivity index (χ2n) is 8.22. The van der Waals surface area contributed by atoms with Crippen LogP contribution in [0.15, 0.2) is 22.5 Å². The number of amides is 2. The molecule has 3 aliphatic rings. The highest BCUT2D eigenvalue weighted by Crippen LogP contribution is 2.46. The summed E-state index contributed by atoms with van der Waals surface area (Å²) in [4.78, 5) is 38.0. The second kappa shape index (κ2) is 9.64.